The highest BCUT2D eigenvalue weighted by Crippen LogP contribution is 2.26. The van der Waals surface area contributed by atoms with Crippen molar-refractivity contribution in [2.45, 2.75) is 38.6 Å². The molecule has 1 saturated heterocycles. The van der Waals surface area contributed by atoms with E-state index in [-0.39, 0.29) is 23.8 Å². The fourth-order valence-corrected chi connectivity index (χ4v) is 4.34. The number of para-hydroxylation sites is 1. The molecule has 2 heterocycles. The van der Waals surface area contributed by atoms with E-state index in [1.54, 1.807) is 11.3 Å². The third-order valence-corrected chi connectivity index (χ3v) is 5.89. The van der Waals surface area contributed by atoms with Gasteiger partial charge in [0.2, 0.25) is 11.8 Å². The average molecular weight is 375 g/mol. The quantitative estimate of drug-likeness (QED) is 0.812. The minimum Gasteiger partial charge on any atom is -0.354 e. The summed E-state index contributed by atoms with van der Waals surface area (Å²) < 4.78 is 1.18. The highest BCUT2D eigenvalue weighted by Gasteiger charge is 2.22. The van der Waals surface area contributed by atoms with Crippen LogP contribution in [0, 0.1) is 0 Å². The molecule has 0 unspecified atom stereocenters. The van der Waals surface area contributed by atoms with E-state index in [2.05, 4.69) is 33.5 Å². The molecule has 0 aliphatic carbocycles. The molecule has 0 spiro atoms. The van der Waals surface area contributed by atoms with Crippen molar-refractivity contribution in [1.82, 2.24) is 20.5 Å². The molecule has 26 heavy (non-hydrogen) atoms. The first-order valence-corrected chi connectivity index (χ1v) is 9.94. The molecule has 2 atom stereocenters. The maximum atomic E-state index is 12.3. The van der Waals surface area contributed by atoms with Crippen LogP contribution in [-0.4, -0.2) is 53.9 Å². The van der Waals surface area contributed by atoms with Crippen molar-refractivity contribution in [2.24, 2.45) is 0 Å². The summed E-state index contributed by atoms with van der Waals surface area (Å²) in [6.45, 7) is 6.22. The van der Waals surface area contributed by atoms with Gasteiger partial charge in [0.25, 0.3) is 0 Å². The summed E-state index contributed by atoms with van der Waals surface area (Å²) in [4.78, 5) is 30.3. The number of piperidine rings is 1. The average Bonchev–Trinajstić information content (AvgIpc) is 3.03. The molecule has 1 aromatic carbocycles. The molecular formula is C19H26N4O2S. The highest BCUT2D eigenvalue weighted by molar-refractivity contribution is 7.18. The SMILES string of the molecule is CC(=O)N[C@H]1CCCN(CC(=O)NC[C@@H](C)c2nc3ccccc3s2)C1. The van der Waals surface area contributed by atoms with E-state index >= 15 is 0 Å². The van der Waals surface area contributed by atoms with Crippen LogP contribution in [0.25, 0.3) is 10.2 Å². The standard InChI is InChI=1S/C19H26N4O2S/c1-13(19-22-16-7-3-4-8-17(16)26-19)10-20-18(25)12-23-9-5-6-15(11-23)21-14(2)24/h3-4,7-8,13,15H,5-6,9-12H2,1-2H3,(H,20,25)(H,21,24)/t13-,15+/m1/s1. The fraction of sp³-hybridized carbons (Fsp3) is 0.526. The van der Waals surface area contributed by atoms with Crippen molar-refractivity contribution in [1.29, 1.82) is 0 Å². The zero-order chi connectivity index (χ0) is 18.5. The number of amides is 2. The van der Waals surface area contributed by atoms with Crippen molar-refractivity contribution in [2.75, 3.05) is 26.2 Å². The second-order valence-electron chi connectivity index (χ2n) is 7.00. The lowest BCUT2D eigenvalue weighted by atomic mass is 10.1. The highest BCUT2D eigenvalue weighted by atomic mass is 32.1. The van der Waals surface area contributed by atoms with Crippen LogP contribution in [0.4, 0.5) is 0 Å². The summed E-state index contributed by atoms with van der Waals surface area (Å²) in [7, 11) is 0. The topological polar surface area (TPSA) is 74.3 Å². The lowest BCUT2D eigenvalue weighted by Crippen LogP contribution is -2.50. The van der Waals surface area contributed by atoms with Crippen LogP contribution in [0.15, 0.2) is 24.3 Å². The van der Waals surface area contributed by atoms with Crippen molar-refractivity contribution in [3.63, 3.8) is 0 Å². The third-order valence-electron chi connectivity index (χ3n) is 4.62. The third kappa shape index (κ3) is 5.02. The Morgan fingerprint density at radius 3 is 2.96 bits per heavy atom. The first kappa shape index (κ1) is 18.8. The van der Waals surface area contributed by atoms with Gasteiger partial charge in [-0.05, 0) is 31.5 Å². The molecule has 2 amide bonds. The van der Waals surface area contributed by atoms with E-state index in [1.165, 1.54) is 11.6 Å². The van der Waals surface area contributed by atoms with Gasteiger partial charge in [-0.1, -0.05) is 19.1 Å². The Morgan fingerprint density at radius 2 is 2.19 bits per heavy atom. The van der Waals surface area contributed by atoms with Crippen molar-refractivity contribution >= 4 is 33.4 Å². The van der Waals surface area contributed by atoms with Crippen LogP contribution in [0.5, 0.6) is 0 Å². The zero-order valence-electron chi connectivity index (χ0n) is 15.3. The van der Waals surface area contributed by atoms with Crippen LogP contribution in [0.1, 0.15) is 37.6 Å². The Hall–Kier alpha value is -1.99. The molecular weight excluding hydrogens is 348 g/mol. The molecule has 6 nitrogen and oxygen atoms in total. The summed E-state index contributed by atoms with van der Waals surface area (Å²) >= 11 is 1.69. The summed E-state index contributed by atoms with van der Waals surface area (Å²) in [5.41, 5.74) is 1.02. The van der Waals surface area contributed by atoms with Crippen LogP contribution in [0.2, 0.25) is 0 Å². The van der Waals surface area contributed by atoms with Crippen LogP contribution >= 0.6 is 11.3 Å². The number of carbonyl (C=O) groups excluding carboxylic acids is 2. The number of likely N-dealkylation sites (tertiary alicyclic amines) is 1. The molecule has 7 heteroatoms. The second kappa shape index (κ2) is 8.60. The number of rotatable bonds is 6. The lowest BCUT2D eigenvalue weighted by molar-refractivity contribution is -0.122. The summed E-state index contributed by atoms with van der Waals surface area (Å²) in [6, 6.07) is 8.25. The molecule has 2 N–H and O–H groups in total. The van der Waals surface area contributed by atoms with Gasteiger partial charge in [-0.3, -0.25) is 14.5 Å². The second-order valence-corrected chi connectivity index (χ2v) is 8.06. The first-order chi connectivity index (χ1) is 12.5. The Morgan fingerprint density at radius 1 is 1.38 bits per heavy atom. The van der Waals surface area contributed by atoms with Crippen LogP contribution < -0.4 is 10.6 Å². The molecule has 3 rings (SSSR count). The lowest BCUT2D eigenvalue weighted by Gasteiger charge is -2.32. The van der Waals surface area contributed by atoms with E-state index in [0.29, 0.717) is 13.1 Å². The molecule has 2 aromatic rings. The van der Waals surface area contributed by atoms with Gasteiger partial charge in [0, 0.05) is 32.0 Å². The summed E-state index contributed by atoms with van der Waals surface area (Å²) in [6.07, 6.45) is 1.98. The Balaban J connectivity index is 1.46. The molecule has 1 aliphatic rings. The normalized spacial score (nSPS) is 19.2. The van der Waals surface area contributed by atoms with Gasteiger partial charge in [-0.25, -0.2) is 4.98 Å². The smallest absolute Gasteiger partial charge is 0.234 e. The van der Waals surface area contributed by atoms with E-state index in [1.807, 2.05) is 18.2 Å². The van der Waals surface area contributed by atoms with Gasteiger partial charge in [-0.15, -0.1) is 11.3 Å². The monoisotopic (exact) mass is 374 g/mol. The maximum absolute atomic E-state index is 12.3. The molecule has 0 saturated carbocycles. The largest absolute Gasteiger partial charge is 0.354 e. The number of nitrogens with zero attached hydrogens (tertiary/aromatic N) is 2. The van der Waals surface area contributed by atoms with Crippen molar-refractivity contribution in [3.8, 4) is 0 Å². The number of thiazole rings is 1. The molecule has 1 aliphatic heterocycles. The van der Waals surface area contributed by atoms with Crippen LogP contribution in [0.3, 0.4) is 0 Å². The van der Waals surface area contributed by atoms with Gasteiger partial charge in [-0.2, -0.15) is 0 Å². The van der Waals surface area contributed by atoms with Gasteiger partial charge < -0.3 is 10.6 Å². The van der Waals surface area contributed by atoms with Crippen molar-refractivity contribution in [3.05, 3.63) is 29.3 Å². The maximum Gasteiger partial charge on any atom is 0.234 e. The molecule has 1 aromatic heterocycles. The number of hydrogen-bond acceptors (Lipinski definition) is 5. The number of nitrogens with one attached hydrogen (secondary N) is 2. The number of fused-ring (bicyclic) bond motifs is 1. The Labute approximate surface area is 158 Å². The van der Waals surface area contributed by atoms with E-state index in [9.17, 15) is 9.59 Å². The molecule has 0 bridgehead atoms. The summed E-state index contributed by atoms with van der Waals surface area (Å²) in [5.74, 6) is 0.206. The van der Waals surface area contributed by atoms with E-state index < -0.39 is 0 Å². The van der Waals surface area contributed by atoms with Gasteiger partial charge >= 0.3 is 0 Å². The predicted molar refractivity (Wildman–Crippen MR) is 104 cm³/mol. The van der Waals surface area contributed by atoms with Gasteiger partial charge in [0.05, 0.1) is 21.8 Å². The predicted octanol–water partition coefficient (Wildman–Crippen LogP) is 2.12. The van der Waals surface area contributed by atoms with E-state index in [0.717, 1.165) is 36.5 Å². The Bertz CT molecular complexity index is 743. The summed E-state index contributed by atoms with van der Waals surface area (Å²) in [5, 5.41) is 7.03. The molecule has 140 valence electrons. The van der Waals surface area contributed by atoms with Crippen molar-refractivity contribution < 1.29 is 9.59 Å². The molecule has 0 radical (unpaired) electrons. The number of hydrogen-bond donors (Lipinski definition) is 2. The number of aromatic nitrogens is 1. The first-order valence-electron chi connectivity index (χ1n) is 9.13. The number of carbonyl (C=O) groups is 2. The molecule has 1 fully saturated rings. The zero-order valence-corrected chi connectivity index (χ0v) is 16.1. The fourth-order valence-electron chi connectivity index (χ4n) is 3.32. The minimum absolute atomic E-state index is 0.00837. The van der Waals surface area contributed by atoms with Gasteiger partial charge in [0.15, 0.2) is 0 Å². The van der Waals surface area contributed by atoms with Gasteiger partial charge in [0.1, 0.15) is 0 Å². The van der Waals surface area contributed by atoms with E-state index in [4.69, 9.17) is 0 Å². The minimum atomic E-state index is -0.00837. The van der Waals surface area contributed by atoms with Crippen LogP contribution in [-0.2, 0) is 9.59 Å². The number of benzene rings is 1. The Kier molecular flexibility index (Phi) is 6.21.